The molecule has 13 heavy (non-hydrogen) atoms. The van der Waals surface area contributed by atoms with Crippen LogP contribution in [0.4, 0.5) is 4.39 Å². The van der Waals surface area contributed by atoms with Crippen molar-refractivity contribution in [1.82, 2.24) is 4.98 Å². The first-order valence-corrected chi connectivity index (χ1v) is 4.21. The largest absolute Gasteiger partial charge is 0.505 e. The van der Waals surface area contributed by atoms with E-state index in [1.54, 1.807) is 0 Å². The summed E-state index contributed by atoms with van der Waals surface area (Å²) < 4.78 is 13.4. The lowest BCUT2D eigenvalue weighted by atomic mass is 10.3. The van der Waals surface area contributed by atoms with Crippen LogP contribution in [0.2, 0.25) is 0 Å². The maximum Gasteiger partial charge on any atom is 0.195 e. The Labute approximate surface area is 76.7 Å². The van der Waals surface area contributed by atoms with Gasteiger partial charge in [0.05, 0.1) is 10.2 Å². The number of hydrogen-bond acceptors (Lipinski definition) is 4. The molecule has 3 nitrogen and oxygen atoms in total. The molecular weight excluding hydrogens is 191 g/mol. The van der Waals surface area contributed by atoms with Gasteiger partial charge in [0.1, 0.15) is 6.07 Å². The minimum absolute atomic E-state index is 0.264. The van der Waals surface area contributed by atoms with E-state index in [0.717, 1.165) is 11.3 Å². The Hall–Kier alpha value is -1.67. The second-order valence-corrected chi connectivity index (χ2v) is 3.43. The molecule has 2 rings (SSSR count). The summed E-state index contributed by atoms with van der Waals surface area (Å²) in [5.41, 5.74) is 0.445. The van der Waals surface area contributed by atoms with Gasteiger partial charge >= 0.3 is 0 Å². The van der Waals surface area contributed by atoms with Crippen LogP contribution in [0.3, 0.4) is 0 Å². The average Bonchev–Trinajstić information content (AvgIpc) is 2.48. The Bertz CT molecular complexity index is 476. The van der Waals surface area contributed by atoms with Gasteiger partial charge in [-0.25, -0.2) is 9.37 Å². The highest BCUT2D eigenvalue weighted by Crippen LogP contribution is 2.27. The molecule has 0 bridgehead atoms. The minimum atomic E-state index is -0.694. The highest BCUT2D eigenvalue weighted by Gasteiger charge is 2.07. The van der Waals surface area contributed by atoms with Crippen LogP contribution < -0.4 is 0 Å². The molecular formula is C8H3FN2OS. The molecule has 0 saturated carbocycles. The van der Waals surface area contributed by atoms with E-state index in [9.17, 15) is 4.39 Å². The van der Waals surface area contributed by atoms with Crippen molar-refractivity contribution >= 4 is 21.6 Å². The third-order valence-electron chi connectivity index (χ3n) is 1.55. The molecule has 1 heterocycles. The molecule has 0 aliphatic heterocycles. The molecule has 0 atom stereocenters. The third kappa shape index (κ3) is 1.21. The molecule has 1 N–H and O–H groups in total. The molecule has 0 spiro atoms. The van der Waals surface area contributed by atoms with E-state index in [-0.39, 0.29) is 5.01 Å². The summed E-state index contributed by atoms with van der Waals surface area (Å²) in [6, 6.07) is 4.24. The molecule has 0 aliphatic rings. The summed E-state index contributed by atoms with van der Waals surface area (Å²) in [7, 11) is 0. The fraction of sp³-hybridized carbons (Fsp3) is 0. The first-order valence-electron chi connectivity index (χ1n) is 3.40. The Balaban J connectivity index is 2.79. The number of phenols is 1. The van der Waals surface area contributed by atoms with E-state index in [1.807, 2.05) is 6.07 Å². The Morgan fingerprint density at radius 2 is 2.31 bits per heavy atom. The number of halogens is 1. The third-order valence-corrected chi connectivity index (χ3v) is 2.48. The second kappa shape index (κ2) is 2.68. The molecule has 0 amide bonds. The molecule has 2 aromatic rings. The van der Waals surface area contributed by atoms with Crippen LogP contribution in [0.25, 0.3) is 10.2 Å². The van der Waals surface area contributed by atoms with Gasteiger partial charge in [0, 0.05) is 6.07 Å². The molecule has 1 aromatic carbocycles. The number of thiazole rings is 1. The van der Waals surface area contributed by atoms with E-state index in [0.29, 0.717) is 10.2 Å². The molecule has 0 unspecified atom stereocenters. The number of nitriles is 1. The molecule has 5 heteroatoms. The lowest BCUT2D eigenvalue weighted by Crippen LogP contribution is -1.75. The van der Waals surface area contributed by atoms with Gasteiger partial charge in [0.25, 0.3) is 0 Å². The van der Waals surface area contributed by atoms with Gasteiger partial charge in [-0.05, 0) is 6.07 Å². The van der Waals surface area contributed by atoms with Crippen LogP contribution in [0, 0.1) is 17.1 Å². The van der Waals surface area contributed by atoms with Crippen molar-refractivity contribution in [3.63, 3.8) is 0 Å². The van der Waals surface area contributed by atoms with Gasteiger partial charge in [0.2, 0.25) is 0 Å². The second-order valence-electron chi connectivity index (χ2n) is 2.40. The highest BCUT2D eigenvalue weighted by atomic mass is 32.1. The van der Waals surface area contributed by atoms with Crippen molar-refractivity contribution in [2.45, 2.75) is 0 Å². The zero-order valence-corrected chi connectivity index (χ0v) is 7.10. The zero-order valence-electron chi connectivity index (χ0n) is 6.28. The molecule has 1 aromatic heterocycles. The predicted octanol–water partition coefficient (Wildman–Crippen LogP) is 2.01. The number of nitrogens with zero attached hydrogens (tertiary/aromatic N) is 2. The number of benzene rings is 1. The van der Waals surface area contributed by atoms with Crippen molar-refractivity contribution in [2.75, 3.05) is 0 Å². The average molecular weight is 194 g/mol. The summed E-state index contributed by atoms with van der Waals surface area (Å²) in [4.78, 5) is 3.86. The lowest BCUT2D eigenvalue weighted by Gasteiger charge is -1.92. The summed E-state index contributed by atoms with van der Waals surface area (Å²) in [6.07, 6.45) is 0. The van der Waals surface area contributed by atoms with Crippen LogP contribution in [0.5, 0.6) is 5.75 Å². The van der Waals surface area contributed by atoms with Gasteiger partial charge < -0.3 is 5.11 Å². The van der Waals surface area contributed by atoms with Gasteiger partial charge in [-0.2, -0.15) is 5.26 Å². The summed E-state index contributed by atoms with van der Waals surface area (Å²) in [6.45, 7) is 0. The molecule has 0 saturated heterocycles. The Kier molecular flexibility index (Phi) is 1.64. The summed E-state index contributed by atoms with van der Waals surface area (Å²) in [5.74, 6) is -1.14. The number of fused-ring (bicyclic) bond motifs is 1. The van der Waals surface area contributed by atoms with Crippen molar-refractivity contribution in [3.05, 3.63) is 23.0 Å². The standard InChI is InChI=1S/C8H3FN2OS/c9-4-1-7-5(2-6(4)12)11-8(3-10)13-7/h1-2,12H. The van der Waals surface area contributed by atoms with Crippen LogP contribution >= 0.6 is 11.3 Å². The van der Waals surface area contributed by atoms with Gasteiger partial charge in [-0.3, -0.25) is 0 Å². The van der Waals surface area contributed by atoms with Crippen LogP contribution in [-0.4, -0.2) is 10.1 Å². The normalized spacial score (nSPS) is 10.2. The molecule has 0 aliphatic carbocycles. The number of aromatic hydroxyl groups is 1. The van der Waals surface area contributed by atoms with Crippen LogP contribution in [0.1, 0.15) is 5.01 Å². The van der Waals surface area contributed by atoms with Gasteiger partial charge in [-0.1, -0.05) is 0 Å². The van der Waals surface area contributed by atoms with E-state index < -0.39 is 11.6 Å². The monoisotopic (exact) mass is 194 g/mol. The zero-order chi connectivity index (χ0) is 9.42. The lowest BCUT2D eigenvalue weighted by molar-refractivity contribution is 0.433. The first-order chi connectivity index (χ1) is 6.20. The van der Waals surface area contributed by atoms with E-state index >= 15 is 0 Å². The molecule has 0 fully saturated rings. The Morgan fingerprint density at radius 1 is 1.54 bits per heavy atom. The van der Waals surface area contributed by atoms with Gasteiger partial charge in [-0.15, -0.1) is 11.3 Å². The van der Waals surface area contributed by atoms with Crippen molar-refractivity contribution in [3.8, 4) is 11.8 Å². The van der Waals surface area contributed by atoms with E-state index in [2.05, 4.69) is 4.98 Å². The smallest absolute Gasteiger partial charge is 0.195 e. The topological polar surface area (TPSA) is 56.9 Å². The number of phenolic OH excluding ortho intramolecular Hbond substituents is 1. The first kappa shape index (κ1) is 7.95. The van der Waals surface area contributed by atoms with Crippen molar-refractivity contribution in [1.29, 1.82) is 5.26 Å². The van der Waals surface area contributed by atoms with Crippen molar-refractivity contribution in [2.24, 2.45) is 0 Å². The fourth-order valence-electron chi connectivity index (χ4n) is 0.986. The van der Waals surface area contributed by atoms with E-state index in [1.165, 1.54) is 12.1 Å². The number of aromatic nitrogens is 1. The molecule has 0 radical (unpaired) electrons. The van der Waals surface area contributed by atoms with Crippen LogP contribution in [-0.2, 0) is 0 Å². The SMILES string of the molecule is N#Cc1nc2cc(O)c(F)cc2s1. The maximum atomic E-state index is 12.8. The molecule has 64 valence electrons. The van der Waals surface area contributed by atoms with Crippen LogP contribution in [0.15, 0.2) is 12.1 Å². The number of rotatable bonds is 0. The summed E-state index contributed by atoms with van der Waals surface area (Å²) in [5, 5.41) is 17.8. The van der Waals surface area contributed by atoms with Gasteiger partial charge in [0.15, 0.2) is 16.6 Å². The maximum absolute atomic E-state index is 12.8. The number of hydrogen-bond donors (Lipinski definition) is 1. The fourth-order valence-corrected chi connectivity index (χ4v) is 1.76. The quantitative estimate of drug-likeness (QED) is 0.697. The Morgan fingerprint density at radius 3 is 3.00 bits per heavy atom. The van der Waals surface area contributed by atoms with Crippen molar-refractivity contribution < 1.29 is 9.50 Å². The predicted molar refractivity (Wildman–Crippen MR) is 46.0 cm³/mol. The minimum Gasteiger partial charge on any atom is -0.505 e. The van der Waals surface area contributed by atoms with E-state index in [4.69, 9.17) is 10.4 Å². The summed E-state index contributed by atoms with van der Waals surface area (Å²) >= 11 is 1.10. The highest BCUT2D eigenvalue weighted by molar-refractivity contribution is 7.19.